The third kappa shape index (κ3) is 2.50. The van der Waals surface area contributed by atoms with Crippen LogP contribution in [0.3, 0.4) is 0 Å². The smallest absolute Gasteiger partial charge is 0.286 e. The first-order valence-electron chi connectivity index (χ1n) is 5.04. The van der Waals surface area contributed by atoms with E-state index in [0.717, 1.165) is 0 Å². The lowest BCUT2D eigenvalue weighted by molar-refractivity contribution is -0.385. The topological polar surface area (TPSA) is 81.9 Å². The third-order valence-electron chi connectivity index (χ3n) is 2.34. The van der Waals surface area contributed by atoms with Crippen molar-refractivity contribution in [1.29, 1.82) is 0 Å². The molecule has 0 fully saturated rings. The van der Waals surface area contributed by atoms with Gasteiger partial charge >= 0.3 is 0 Å². The molecule has 0 radical (unpaired) electrons. The molecule has 0 atom stereocenters. The zero-order valence-electron chi connectivity index (χ0n) is 10.6. The van der Waals surface area contributed by atoms with Crippen LogP contribution >= 0.6 is 0 Å². The monoisotopic (exact) mass is 254 g/mol. The van der Waals surface area contributed by atoms with Gasteiger partial charge in [0.05, 0.1) is 25.2 Å². The molecule has 1 aromatic carbocycles. The summed E-state index contributed by atoms with van der Waals surface area (Å²) in [7, 11) is 5.80. The van der Waals surface area contributed by atoms with E-state index in [-0.39, 0.29) is 22.7 Å². The summed E-state index contributed by atoms with van der Waals surface area (Å²) < 4.78 is 9.99. The molecule has 7 heteroatoms. The summed E-state index contributed by atoms with van der Waals surface area (Å²) in [6.07, 6.45) is 0. The van der Waals surface area contributed by atoms with Crippen molar-refractivity contribution < 1.29 is 19.2 Å². The molecule has 7 nitrogen and oxygen atoms in total. The Morgan fingerprint density at radius 1 is 1.22 bits per heavy atom. The van der Waals surface area contributed by atoms with Crippen LogP contribution in [0.25, 0.3) is 0 Å². The zero-order valence-corrected chi connectivity index (χ0v) is 10.6. The van der Waals surface area contributed by atoms with Gasteiger partial charge in [0.25, 0.3) is 11.6 Å². The van der Waals surface area contributed by atoms with Crippen LogP contribution in [0.4, 0.5) is 5.69 Å². The molecule has 18 heavy (non-hydrogen) atoms. The summed E-state index contributed by atoms with van der Waals surface area (Å²) in [6.45, 7) is 0. The highest BCUT2D eigenvalue weighted by Crippen LogP contribution is 2.34. The van der Waals surface area contributed by atoms with Gasteiger partial charge in [-0.05, 0) is 0 Å². The molecule has 0 saturated carbocycles. The Morgan fingerprint density at radius 2 is 1.72 bits per heavy atom. The summed E-state index contributed by atoms with van der Waals surface area (Å²) in [5.41, 5.74) is -0.353. The van der Waals surface area contributed by atoms with E-state index in [1.54, 1.807) is 0 Å². The maximum Gasteiger partial charge on any atom is 0.286 e. The van der Waals surface area contributed by atoms with Crippen molar-refractivity contribution in [2.24, 2.45) is 0 Å². The molecule has 0 aromatic heterocycles. The molecular formula is C11H14N2O5. The normalized spacial score (nSPS) is 9.78. The number of carbonyl (C=O) groups excluding carboxylic acids is 1. The number of benzene rings is 1. The van der Waals surface area contributed by atoms with Gasteiger partial charge in [-0.15, -0.1) is 0 Å². The lowest BCUT2D eigenvalue weighted by atomic mass is 10.1. The van der Waals surface area contributed by atoms with Crippen LogP contribution in [0.2, 0.25) is 0 Å². The number of nitrogens with zero attached hydrogens (tertiary/aromatic N) is 2. The summed E-state index contributed by atoms with van der Waals surface area (Å²) in [6, 6.07) is 2.48. The van der Waals surface area contributed by atoms with Gasteiger partial charge in [0, 0.05) is 20.2 Å². The van der Waals surface area contributed by atoms with E-state index in [1.807, 2.05) is 0 Å². The molecular weight excluding hydrogens is 240 g/mol. The van der Waals surface area contributed by atoms with E-state index < -0.39 is 10.8 Å². The summed E-state index contributed by atoms with van der Waals surface area (Å²) >= 11 is 0. The fourth-order valence-electron chi connectivity index (χ4n) is 1.43. The van der Waals surface area contributed by atoms with Gasteiger partial charge in [-0.1, -0.05) is 0 Å². The van der Waals surface area contributed by atoms with Gasteiger partial charge in [-0.25, -0.2) is 0 Å². The number of nitro benzene ring substituents is 1. The summed E-state index contributed by atoms with van der Waals surface area (Å²) in [5.74, 6) is 0.00968. The number of hydrogen-bond acceptors (Lipinski definition) is 5. The van der Waals surface area contributed by atoms with Crippen LogP contribution in [0, 0.1) is 10.1 Å². The Labute approximate surface area is 104 Å². The molecule has 0 heterocycles. The van der Waals surface area contributed by atoms with Crippen LogP contribution in [-0.4, -0.2) is 44.0 Å². The number of carbonyl (C=O) groups is 1. The molecule has 0 spiro atoms. The van der Waals surface area contributed by atoms with E-state index in [9.17, 15) is 14.9 Å². The Hall–Kier alpha value is -2.31. The standard InChI is InChI=1S/C11H14N2O5/c1-12(2)11(14)7-5-9(17-3)10(18-4)6-8(7)13(15)16/h5-6H,1-4H3. The van der Waals surface area contributed by atoms with Crippen molar-refractivity contribution in [1.82, 2.24) is 4.90 Å². The molecule has 0 aliphatic heterocycles. The second-order valence-corrected chi connectivity index (χ2v) is 3.68. The zero-order chi connectivity index (χ0) is 13.9. The molecule has 1 amide bonds. The Bertz CT molecular complexity index is 485. The SMILES string of the molecule is COc1cc(C(=O)N(C)C)c([N+](=O)[O-])cc1OC. The summed E-state index contributed by atoms with van der Waals surface area (Å²) in [4.78, 5) is 23.4. The Balaban J connectivity index is 3.47. The average Bonchev–Trinajstić information content (AvgIpc) is 2.35. The first kappa shape index (κ1) is 13.8. The van der Waals surface area contributed by atoms with Gasteiger partial charge < -0.3 is 14.4 Å². The quantitative estimate of drug-likeness (QED) is 0.597. The van der Waals surface area contributed by atoms with E-state index >= 15 is 0 Å². The largest absolute Gasteiger partial charge is 0.493 e. The third-order valence-corrected chi connectivity index (χ3v) is 2.34. The van der Waals surface area contributed by atoms with Crippen molar-refractivity contribution in [3.05, 3.63) is 27.8 Å². The van der Waals surface area contributed by atoms with Crippen LogP contribution < -0.4 is 9.47 Å². The maximum atomic E-state index is 11.9. The van der Waals surface area contributed by atoms with E-state index in [2.05, 4.69) is 0 Å². The van der Waals surface area contributed by atoms with Crippen molar-refractivity contribution in [2.75, 3.05) is 28.3 Å². The van der Waals surface area contributed by atoms with Crippen LogP contribution in [0.5, 0.6) is 11.5 Å². The van der Waals surface area contributed by atoms with E-state index in [1.165, 1.54) is 45.3 Å². The van der Waals surface area contributed by atoms with Crippen molar-refractivity contribution >= 4 is 11.6 Å². The highest BCUT2D eigenvalue weighted by atomic mass is 16.6. The van der Waals surface area contributed by atoms with Gasteiger partial charge in [0.15, 0.2) is 11.5 Å². The second kappa shape index (κ2) is 5.35. The fraction of sp³-hybridized carbons (Fsp3) is 0.364. The first-order chi connectivity index (χ1) is 8.42. The highest BCUT2D eigenvalue weighted by Gasteiger charge is 2.25. The lowest BCUT2D eigenvalue weighted by Crippen LogP contribution is -2.22. The Morgan fingerprint density at radius 3 is 2.11 bits per heavy atom. The molecule has 1 rings (SSSR count). The van der Waals surface area contributed by atoms with Crippen LogP contribution in [0.15, 0.2) is 12.1 Å². The van der Waals surface area contributed by atoms with Crippen LogP contribution in [-0.2, 0) is 0 Å². The minimum Gasteiger partial charge on any atom is -0.493 e. The van der Waals surface area contributed by atoms with Crippen molar-refractivity contribution in [3.63, 3.8) is 0 Å². The minimum atomic E-state index is -0.626. The Kier molecular flexibility index (Phi) is 4.09. The van der Waals surface area contributed by atoms with E-state index in [0.29, 0.717) is 0 Å². The molecule has 98 valence electrons. The van der Waals surface area contributed by atoms with Crippen molar-refractivity contribution in [3.8, 4) is 11.5 Å². The molecule has 0 saturated heterocycles. The molecule has 0 N–H and O–H groups in total. The number of ether oxygens (including phenoxy) is 2. The molecule has 0 aliphatic rings. The fourth-order valence-corrected chi connectivity index (χ4v) is 1.43. The van der Waals surface area contributed by atoms with E-state index in [4.69, 9.17) is 9.47 Å². The summed E-state index contributed by atoms with van der Waals surface area (Å²) in [5, 5.41) is 11.0. The minimum absolute atomic E-state index is 0.0392. The molecule has 0 bridgehead atoms. The first-order valence-corrected chi connectivity index (χ1v) is 5.04. The molecule has 1 aromatic rings. The maximum absolute atomic E-state index is 11.9. The van der Waals surface area contributed by atoms with Gasteiger partial charge in [-0.3, -0.25) is 14.9 Å². The van der Waals surface area contributed by atoms with Gasteiger partial charge in [-0.2, -0.15) is 0 Å². The lowest BCUT2D eigenvalue weighted by Gasteiger charge is -2.13. The molecule has 0 unspecified atom stereocenters. The predicted molar refractivity (Wildman–Crippen MR) is 64.2 cm³/mol. The van der Waals surface area contributed by atoms with Crippen LogP contribution in [0.1, 0.15) is 10.4 Å². The highest BCUT2D eigenvalue weighted by molar-refractivity contribution is 5.98. The predicted octanol–water partition coefficient (Wildman–Crippen LogP) is 1.31. The average molecular weight is 254 g/mol. The van der Waals surface area contributed by atoms with Crippen molar-refractivity contribution in [2.45, 2.75) is 0 Å². The number of rotatable bonds is 4. The molecule has 0 aliphatic carbocycles. The van der Waals surface area contributed by atoms with Gasteiger partial charge in [0.2, 0.25) is 0 Å². The second-order valence-electron chi connectivity index (χ2n) is 3.68. The number of amides is 1. The van der Waals surface area contributed by atoms with Gasteiger partial charge in [0.1, 0.15) is 5.56 Å². The number of methoxy groups -OCH3 is 2. The number of hydrogen-bond donors (Lipinski definition) is 0. The number of nitro groups is 1.